The Kier molecular flexibility index (Phi) is 7.07. The molecule has 0 saturated heterocycles. The fraction of sp³-hybridized carbons (Fsp3) is 0.292. The van der Waals surface area contributed by atoms with Gasteiger partial charge in [-0.1, -0.05) is 6.92 Å². The van der Waals surface area contributed by atoms with Crippen molar-refractivity contribution >= 4 is 23.1 Å². The van der Waals surface area contributed by atoms with Gasteiger partial charge in [0.05, 0.1) is 12.8 Å². The molecule has 34 heavy (non-hydrogen) atoms. The van der Waals surface area contributed by atoms with Crippen molar-refractivity contribution in [1.29, 1.82) is 0 Å². The Balaban J connectivity index is 1.45. The Bertz CT molecular complexity index is 1310. The highest BCUT2D eigenvalue weighted by Gasteiger charge is 2.15. The number of hydrogen-bond acceptors (Lipinski definition) is 8. The zero-order valence-electron chi connectivity index (χ0n) is 19.2. The number of carbonyl (C=O) groups is 1. The lowest BCUT2D eigenvalue weighted by Crippen LogP contribution is -2.05. The van der Waals surface area contributed by atoms with Crippen molar-refractivity contribution in [1.82, 2.24) is 24.6 Å². The number of pyridine rings is 1. The highest BCUT2D eigenvalue weighted by Crippen LogP contribution is 2.25. The largest absolute Gasteiger partial charge is 0.494 e. The molecule has 10 heteroatoms. The summed E-state index contributed by atoms with van der Waals surface area (Å²) >= 11 is 0. The number of nitrogens with one attached hydrogen (secondary N) is 1. The van der Waals surface area contributed by atoms with Gasteiger partial charge in [0, 0.05) is 37.7 Å². The Hall–Kier alpha value is -3.92. The molecular weight excluding hydrogens is 439 g/mol. The molecule has 0 saturated carbocycles. The quantitative estimate of drug-likeness (QED) is 0.352. The van der Waals surface area contributed by atoms with Crippen LogP contribution < -0.4 is 10.1 Å². The number of anilines is 2. The number of carbonyl (C=O) groups excluding carboxylic acids is 1. The molecule has 4 aromatic rings. The predicted molar refractivity (Wildman–Crippen MR) is 124 cm³/mol. The van der Waals surface area contributed by atoms with Gasteiger partial charge >= 0.3 is 0 Å². The van der Waals surface area contributed by atoms with E-state index in [4.69, 9.17) is 9.47 Å². The average molecular weight is 465 g/mol. The summed E-state index contributed by atoms with van der Waals surface area (Å²) in [6.07, 6.45) is 6.47. The van der Waals surface area contributed by atoms with E-state index in [1.165, 1.54) is 13.2 Å². The van der Waals surface area contributed by atoms with Crippen molar-refractivity contribution < 1.29 is 18.7 Å². The van der Waals surface area contributed by atoms with Gasteiger partial charge in [0.1, 0.15) is 6.61 Å². The second-order valence-corrected chi connectivity index (χ2v) is 7.66. The third-order valence-corrected chi connectivity index (χ3v) is 5.37. The third kappa shape index (κ3) is 5.01. The first-order chi connectivity index (χ1) is 16.5. The summed E-state index contributed by atoms with van der Waals surface area (Å²) in [5.41, 5.74) is 3.19. The van der Waals surface area contributed by atoms with Crippen LogP contribution in [0, 0.1) is 5.82 Å². The molecule has 0 unspecified atom stereocenters. The number of benzene rings is 1. The van der Waals surface area contributed by atoms with E-state index in [0.717, 1.165) is 11.3 Å². The smallest absolute Gasteiger partial charge is 0.227 e. The molecule has 176 valence electrons. The second-order valence-electron chi connectivity index (χ2n) is 7.66. The molecule has 3 heterocycles. The van der Waals surface area contributed by atoms with E-state index in [0.29, 0.717) is 54.4 Å². The summed E-state index contributed by atoms with van der Waals surface area (Å²) in [5, 5.41) is 11.4. The van der Waals surface area contributed by atoms with Gasteiger partial charge in [-0.05, 0) is 48.2 Å². The fourth-order valence-corrected chi connectivity index (χ4v) is 3.55. The summed E-state index contributed by atoms with van der Waals surface area (Å²) in [4.78, 5) is 20.8. The Morgan fingerprint density at radius 2 is 1.91 bits per heavy atom. The minimum atomic E-state index is -0.452. The SMILES string of the molecule is CCC(=O)c1cc(CCc2cnc(Nc3ccc4nnc(COC)n4c3)nc2)c(F)c(OC)c1. The topological polar surface area (TPSA) is 104 Å². The summed E-state index contributed by atoms with van der Waals surface area (Å²) in [7, 11) is 2.99. The fourth-order valence-electron chi connectivity index (χ4n) is 3.55. The van der Waals surface area contributed by atoms with Gasteiger partial charge in [-0.15, -0.1) is 10.2 Å². The molecule has 3 aromatic heterocycles. The second kappa shape index (κ2) is 10.3. The average Bonchev–Trinajstić information content (AvgIpc) is 3.26. The predicted octanol–water partition coefficient (Wildman–Crippen LogP) is 3.93. The van der Waals surface area contributed by atoms with Crippen LogP contribution in [-0.4, -0.2) is 44.6 Å². The zero-order chi connectivity index (χ0) is 24.1. The first kappa shape index (κ1) is 23.2. The Labute approximate surface area is 196 Å². The minimum Gasteiger partial charge on any atom is -0.494 e. The van der Waals surface area contributed by atoms with E-state index >= 15 is 0 Å². The van der Waals surface area contributed by atoms with E-state index in [-0.39, 0.29) is 11.5 Å². The van der Waals surface area contributed by atoms with Crippen LogP contribution in [0.1, 0.15) is 40.7 Å². The van der Waals surface area contributed by atoms with Gasteiger partial charge < -0.3 is 14.8 Å². The van der Waals surface area contributed by atoms with E-state index in [1.54, 1.807) is 32.5 Å². The van der Waals surface area contributed by atoms with E-state index in [1.807, 2.05) is 22.7 Å². The van der Waals surface area contributed by atoms with Crippen molar-refractivity contribution in [2.45, 2.75) is 32.8 Å². The summed E-state index contributed by atoms with van der Waals surface area (Å²) < 4.78 is 26.8. The monoisotopic (exact) mass is 464 g/mol. The molecule has 0 amide bonds. The molecule has 0 aliphatic heterocycles. The van der Waals surface area contributed by atoms with Gasteiger partial charge in [-0.25, -0.2) is 14.4 Å². The Morgan fingerprint density at radius 3 is 2.62 bits per heavy atom. The first-order valence-corrected chi connectivity index (χ1v) is 10.8. The summed E-state index contributed by atoms with van der Waals surface area (Å²) in [6.45, 7) is 2.12. The summed E-state index contributed by atoms with van der Waals surface area (Å²) in [5.74, 6) is 0.673. The summed E-state index contributed by atoms with van der Waals surface area (Å²) in [6, 6.07) is 6.74. The van der Waals surface area contributed by atoms with Crippen molar-refractivity contribution in [2.24, 2.45) is 0 Å². The maximum absolute atomic E-state index is 14.7. The van der Waals surface area contributed by atoms with E-state index in [2.05, 4.69) is 25.5 Å². The van der Waals surface area contributed by atoms with Crippen LogP contribution >= 0.6 is 0 Å². The van der Waals surface area contributed by atoms with Gasteiger partial charge in [0.25, 0.3) is 0 Å². The van der Waals surface area contributed by atoms with Crippen molar-refractivity contribution in [3.63, 3.8) is 0 Å². The van der Waals surface area contributed by atoms with Gasteiger partial charge in [-0.3, -0.25) is 9.20 Å². The molecule has 0 bridgehead atoms. The van der Waals surface area contributed by atoms with Crippen LogP contribution in [0.25, 0.3) is 5.65 Å². The molecule has 0 fully saturated rings. The molecule has 0 spiro atoms. The molecule has 1 N–H and O–H groups in total. The first-order valence-electron chi connectivity index (χ1n) is 10.8. The number of nitrogens with zero attached hydrogens (tertiary/aromatic N) is 5. The lowest BCUT2D eigenvalue weighted by atomic mass is 10.00. The molecule has 0 aliphatic carbocycles. The van der Waals surface area contributed by atoms with Crippen molar-refractivity contribution in [3.05, 3.63) is 71.2 Å². The van der Waals surface area contributed by atoms with Crippen LogP contribution in [0.3, 0.4) is 0 Å². The van der Waals surface area contributed by atoms with Crippen LogP contribution in [-0.2, 0) is 24.2 Å². The van der Waals surface area contributed by atoms with Crippen LogP contribution in [0.4, 0.5) is 16.0 Å². The van der Waals surface area contributed by atoms with Gasteiger partial charge in [0.2, 0.25) is 5.95 Å². The number of halogens is 1. The third-order valence-electron chi connectivity index (χ3n) is 5.37. The van der Waals surface area contributed by atoms with E-state index in [9.17, 15) is 9.18 Å². The number of aromatic nitrogens is 5. The molecule has 9 nitrogen and oxygen atoms in total. The lowest BCUT2D eigenvalue weighted by Gasteiger charge is -2.11. The van der Waals surface area contributed by atoms with Crippen LogP contribution in [0.2, 0.25) is 0 Å². The van der Waals surface area contributed by atoms with E-state index < -0.39 is 5.82 Å². The Morgan fingerprint density at radius 1 is 1.12 bits per heavy atom. The number of aryl methyl sites for hydroxylation is 2. The van der Waals surface area contributed by atoms with Crippen LogP contribution in [0.15, 0.2) is 42.9 Å². The molecule has 0 atom stereocenters. The number of Topliss-reactive ketones (excluding diaryl/α,β-unsaturated/α-hetero) is 1. The normalized spacial score (nSPS) is 11.1. The highest BCUT2D eigenvalue weighted by molar-refractivity contribution is 5.96. The minimum absolute atomic E-state index is 0.0580. The number of fused-ring (bicyclic) bond motifs is 1. The molecule has 1 aromatic carbocycles. The van der Waals surface area contributed by atoms with Gasteiger partial charge in [0.15, 0.2) is 28.8 Å². The number of hydrogen-bond donors (Lipinski definition) is 1. The zero-order valence-corrected chi connectivity index (χ0v) is 19.2. The molecule has 4 rings (SSSR count). The highest BCUT2D eigenvalue weighted by atomic mass is 19.1. The molecular formula is C24H25FN6O3. The molecule has 0 radical (unpaired) electrons. The number of methoxy groups -OCH3 is 2. The van der Waals surface area contributed by atoms with Crippen molar-refractivity contribution in [3.8, 4) is 5.75 Å². The number of ketones is 1. The number of rotatable bonds is 10. The molecule has 0 aliphatic rings. The van der Waals surface area contributed by atoms with Gasteiger partial charge in [-0.2, -0.15) is 0 Å². The van der Waals surface area contributed by atoms with Crippen LogP contribution in [0.5, 0.6) is 5.75 Å². The maximum atomic E-state index is 14.7. The van der Waals surface area contributed by atoms with Crippen molar-refractivity contribution in [2.75, 3.05) is 19.5 Å². The lowest BCUT2D eigenvalue weighted by molar-refractivity contribution is 0.0987. The maximum Gasteiger partial charge on any atom is 0.227 e. The number of ether oxygens (including phenoxy) is 2. The standard InChI is InChI=1S/C24H25FN6O3/c1-4-19(32)17-9-16(23(25)20(10-17)34-3)6-5-15-11-26-24(27-12-15)28-18-7-8-21-29-30-22(14-33-2)31(21)13-18/h7-13H,4-6,14H2,1-3H3,(H,26,27,28).